The molecule has 164 valence electrons. The molecule has 2 N–H and O–H groups in total. The van der Waals surface area contributed by atoms with Crippen molar-refractivity contribution in [3.8, 4) is 5.75 Å². The Labute approximate surface area is 182 Å². The molecule has 2 amide bonds. The predicted molar refractivity (Wildman–Crippen MR) is 120 cm³/mol. The van der Waals surface area contributed by atoms with Crippen molar-refractivity contribution in [2.75, 3.05) is 19.0 Å². The first-order valence-corrected chi connectivity index (χ1v) is 10.0. The number of carbonyl (C=O) groups excluding carboxylic acids is 3. The Morgan fingerprint density at radius 3 is 2.52 bits per heavy atom. The number of anilines is 1. The van der Waals surface area contributed by atoms with Crippen molar-refractivity contribution >= 4 is 29.5 Å². The molecule has 0 heterocycles. The third kappa shape index (κ3) is 8.74. The standard InChI is InChI=1S/C24H28N2O5/c1-17(25-23(28)14-11-19-9-12-22(30-3)13-10-19)24(29)26-21-8-4-6-20(16-21)7-5-15-31-18(2)27/h4,6,8-14,16-17H,5,7,15H2,1-3H3,(H,25,28)(H,26,29)/b14-11+. The molecule has 2 rings (SSSR count). The van der Waals surface area contributed by atoms with Crippen molar-refractivity contribution in [1.82, 2.24) is 5.32 Å². The maximum Gasteiger partial charge on any atom is 0.302 e. The average molecular weight is 424 g/mol. The van der Waals surface area contributed by atoms with Crippen LogP contribution in [-0.4, -0.2) is 37.5 Å². The van der Waals surface area contributed by atoms with Gasteiger partial charge in [0.05, 0.1) is 13.7 Å². The molecule has 0 aromatic heterocycles. The van der Waals surface area contributed by atoms with E-state index in [1.54, 1.807) is 38.3 Å². The van der Waals surface area contributed by atoms with Crippen LogP contribution in [0.3, 0.4) is 0 Å². The van der Waals surface area contributed by atoms with Crippen LogP contribution in [-0.2, 0) is 25.5 Å². The second kappa shape index (κ2) is 12.2. The van der Waals surface area contributed by atoms with E-state index >= 15 is 0 Å². The highest BCUT2D eigenvalue weighted by atomic mass is 16.5. The van der Waals surface area contributed by atoms with E-state index in [4.69, 9.17) is 9.47 Å². The minimum absolute atomic E-state index is 0.295. The zero-order valence-electron chi connectivity index (χ0n) is 18.0. The monoisotopic (exact) mass is 424 g/mol. The fraction of sp³-hybridized carbons (Fsp3) is 0.292. The molecule has 1 atom stereocenters. The lowest BCUT2D eigenvalue weighted by Crippen LogP contribution is -2.40. The minimum Gasteiger partial charge on any atom is -0.497 e. The lowest BCUT2D eigenvalue weighted by Gasteiger charge is -2.13. The van der Waals surface area contributed by atoms with Gasteiger partial charge >= 0.3 is 5.97 Å². The molecule has 7 nitrogen and oxygen atoms in total. The van der Waals surface area contributed by atoms with E-state index in [0.717, 1.165) is 23.3 Å². The minimum atomic E-state index is -0.708. The quantitative estimate of drug-likeness (QED) is 0.347. The number of amides is 2. The highest BCUT2D eigenvalue weighted by Gasteiger charge is 2.14. The van der Waals surface area contributed by atoms with Crippen LogP contribution < -0.4 is 15.4 Å². The smallest absolute Gasteiger partial charge is 0.302 e. The Hall–Kier alpha value is -3.61. The Bertz CT molecular complexity index is 922. The molecule has 0 radical (unpaired) electrons. The van der Waals surface area contributed by atoms with Gasteiger partial charge in [0, 0.05) is 18.7 Å². The molecule has 0 aliphatic heterocycles. The molecule has 7 heteroatoms. The van der Waals surface area contributed by atoms with Gasteiger partial charge in [-0.1, -0.05) is 24.3 Å². The average Bonchev–Trinajstić information content (AvgIpc) is 2.75. The van der Waals surface area contributed by atoms with Crippen molar-refractivity contribution in [2.24, 2.45) is 0 Å². The SMILES string of the molecule is COc1ccc(/C=C/C(=O)NC(C)C(=O)Nc2cccc(CCCOC(C)=O)c2)cc1. The summed E-state index contributed by atoms with van der Waals surface area (Å²) in [6.07, 6.45) is 4.47. The van der Waals surface area contributed by atoms with Crippen LogP contribution in [0.25, 0.3) is 6.08 Å². The molecule has 2 aromatic carbocycles. The first kappa shape index (κ1) is 23.7. The van der Waals surface area contributed by atoms with E-state index in [9.17, 15) is 14.4 Å². The van der Waals surface area contributed by atoms with Crippen LogP contribution >= 0.6 is 0 Å². The maximum absolute atomic E-state index is 12.4. The van der Waals surface area contributed by atoms with Gasteiger partial charge in [-0.15, -0.1) is 0 Å². The highest BCUT2D eigenvalue weighted by Crippen LogP contribution is 2.14. The van der Waals surface area contributed by atoms with Gasteiger partial charge in [-0.3, -0.25) is 14.4 Å². The molecule has 2 aromatic rings. The first-order valence-electron chi connectivity index (χ1n) is 10.0. The topological polar surface area (TPSA) is 93.7 Å². The molecule has 31 heavy (non-hydrogen) atoms. The zero-order valence-corrected chi connectivity index (χ0v) is 18.0. The molecule has 0 bridgehead atoms. The molecule has 0 spiro atoms. The Morgan fingerprint density at radius 2 is 1.84 bits per heavy atom. The number of ether oxygens (including phenoxy) is 2. The van der Waals surface area contributed by atoms with Crippen molar-refractivity contribution in [1.29, 1.82) is 0 Å². The lowest BCUT2D eigenvalue weighted by atomic mass is 10.1. The van der Waals surface area contributed by atoms with Crippen LogP contribution in [0.2, 0.25) is 0 Å². The number of rotatable bonds is 10. The highest BCUT2D eigenvalue weighted by molar-refractivity contribution is 5.99. The summed E-state index contributed by atoms with van der Waals surface area (Å²) in [5.41, 5.74) is 2.51. The molecule has 0 saturated carbocycles. The largest absolute Gasteiger partial charge is 0.497 e. The van der Waals surface area contributed by atoms with Crippen LogP contribution in [0.15, 0.2) is 54.6 Å². The van der Waals surface area contributed by atoms with E-state index in [1.807, 2.05) is 30.3 Å². The van der Waals surface area contributed by atoms with E-state index < -0.39 is 6.04 Å². The van der Waals surface area contributed by atoms with Gasteiger partial charge in [0.2, 0.25) is 11.8 Å². The Morgan fingerprint density at radius 1 is 1.10 bits per heavy atom. The summed E-state index contributed by atoms with van der Waals surface area (Å²) < 4.78 is 10.0. The summed E-state index contributed by atoms with van der Waals surface area (Å²) in [5, 5.41) is 5.45. The second-order valence-electron chi connectivity index (χ2n) is 6.97. The van der Waals surface area contributed by atoms with Gasteiger partial charge in [-0.2, -0.15) is 0 Å². The van der Waals surface area contributed by atoms with Gasteiger partial charge < -0.3 is 20.1 Å². The van der Waals surface area contributed by atoms with E-state index in [0.29, 0.717) is 18.7 Å². The molecule has 1 unspecified atom stereocenters. The van der Waals surface area contributed by atoms with Gasteiger partial charge in [0.15, 0.2) is 0 Å². The summed E-state index contributed by atoms with van der Waals surface area (Å²) in [7, 11) is 1.59. The number of esters is 1. The number of hydrogen-bond acceptors (Lipinski definition) is 5. The normalized spacial score (nSPS) is 11.6. The van der Waals surface area contributed by atoms with Crippen molar-refractivity contribution < 1.29 is 23.9 Å². The fourth-order valence-corrected chi connectivity index (χ4v) is 2.76. The van der Waals surface area contributed by atoms with Gasteiger partial charge in [-0.05, 0) is 61.2 Å². The third-order valence-electron chi connectivity index (χ3n) is 4.40. The van der Waals surface area contributed by atoms with Gasteiger partial charge in [-0.25, -0.2) is 0 Å². The molecule has 0 aliphatic rings. The number of methoxy groups -OCH3 is 1. The molecular weight excluding hydrogens is 396 g/mol. The van der Waals surface area contributed by atoms with Crippen molar-refractivity contribution in [3.05, 3.63) is 65.7 Å². The maximum atomic E-state index is 12.4. The molecular formula is C24H28N2O5. The Balaban J connectivity index is 1.83. The number of carbonyl (C=O) groups is 3. The first-order chi connectivity index (χ1) is 14.9. The summed E-state index contributed by atoms with van der Waals surface area (Å²) in [6.45, 7) is 3.36. The summed E-state index contributed by atoms with van der Waals surface area (Å²) >= 11 is 0. The van der Waals surface area contributed by atoms with E-state index in [2.05, 4.69) is 10.6 Å². The predicted octanol–water partition coefficient (Wildman–Crippen LogP) is 3.35. The number of benzene rings is 2. The van der Waals surface area contributed by atoms with Crippen LogP contribution in [0.5, 0.6) is 5.75 Å². The van der Waals surface area contributed by atoms with E-state index in [1.165, 1.54) is 13.0 Å². The molecule has 0 aliphatic carbocycles. The Kier molecular flexibility index (Phi) is 9.29. The third-order valence-corrected chi connectivity index (χ3v) is 4.40. The lowest BCUT2D eigenvalue weighted by molar-refractivity contribution is -0.141. The van der Waals surface area contributed by atoms with Crippen molar-refractivity contribution in [2.45, 2.75) is 32.7 Å². The zero-order chi connectivity index (χ0) is 22.6. The number of nitrogens with one attached hydrogen (secondary N) is 2. The summed E-state index contributed by atoms with van der Waals surface area (Å²) in [5.74, 6) is -0.239. The molecule has 0 fully saturated rings. The van der Waals surface area contributed by atoms with E-state index in [-0.39, 0.29) is 17.8 Å². The summed E-state index contributed by atoms with van der Waals surface area (Å²) in [4.78, 5) is 35.3. The van der Waals surface area contributed by atoms with Crippen LogP contribution in [0.1, 0.15) is 31.4 Å². The molecule has 0 saturated heterocycles. The van der Waals surface area contributed by atoms with Crippen LogP contribution in [0.4, 0.5) is 5.69 Å². The van der Waals surface area contributed by atoms with Crippen LogP contribution in [0, 0.1) is 0 Å². The number of hydrogen-bond donors (Lipinski definition) is 2. The second-order valence-corrected chi connectivity index (χ2v) is 6.97. The summed E-state index contributed by atoms with van der Waals surface area (Å²) in [6, 6.07) is 14.0. The fourth-order valence-electron chi connectivity index (χ4n) is 2.76. The van der Waals surface area contributed by atoms with Crippen molar-refractivity contribution in [3.63, 3.8) is 0 Å². The number of aryl methyl sites for hydroxylation is 1. The van der Waals surface area contributed by atoms with Gasteiger partial charge in [0.1, 0.15) is 11.8 Å². The van der Waals surface area contributed by atoms with Gasteiger partial charge in [0.25, 0.3) is 0 Å².